The fraction of sp³-hybridized carbons (Fsp3) is 0.353. The lowest BCUT2D eigenvalue weighted by Crippen LogP contribution is -2.45. The number of benzene rings is 1. The third-order valence-electron chi connectivity index (χ3n) is 4.22. The molecule has 1 heterocycles. The zero-order valence-corrected chi connectivity index (χ0v) is 14.5. The number of ketones is 1. The number of hydrogen-bond acceptors (Lipinski definition) is 5. The molecule has 7 nitrogen and oxygen atoms in total. The van der Waals surface area contributed by atoms with Crippen molar-refractivity contribution in [2.45, 2.75) is 25.9 Å². The average Bonchev–Trinajstić information content (AvgIpc) is 2.58. The molecule has 0 unspecified atom stereocenters. The SMILES string of the molecule is C[C@H](N[C@H](C)c1ccccc1F)C(=O)c1c(N)n(C)c(=O)n(C)c1=O. The van der Waals surface area contributed by atoms with Gasteiger partial charge in [-0.2, -0.15) is 0 Å². The predicted molar refractivity (Wildman–Crippen MR) is 93.1 cm³/mol. The van der Waals surface area contributed by atoms with Gasteiger partial charge >= 0.3 is 5.69 Å². The van der Waals surface area contributed by atoms with E-state index in [-0.39, 0.29) is 17.2 Å². The van der Waals surface area contributed by atoms with Gasteiger partial charge in [-0.25, -0.2) is 9.18 Å². The minimum absolute atomic E-state index is 0.190. The second-order valence-corrected chi connectivity index (χ2v) is 5.96. The molecule has 2 atom stereocenters. The highest BCUT2D eigenvalue weighted by atomic mass is 19.1. The molecule has 0 saturated carbocycles. The zero-order valence-electron chi connectivity index (χ0n) is 14.5. The highest BCUT2D eigenvalue weighted by molar-refractivity contribution is 6.03. The maximum Gasteiger partial charge on any atom is 0.332 e. The molecule has 25 heavy (non-hydrogen) atoms. The summed E-state index contributed by atoms with van der Waals surface area (Å²) in [6.07, 6.45) is 0. The van der Waals surface area contributed by atoms with Crippen LogP contribution in [-0.2, 0) is 14.1 Å². The fourth-order valence-electron chi connectivity index (χ4n) is 2.67. The first kappa shape index (κ1) is 18.6. The van der Waals surface area contributed by atoms with Crippen molar-refractivity contribution in [2.75, 3.05) is 5.73 Å². The molecule has 1 aromatic heterocycles. The monoisotopic (exact) mass is 348 g/mol. The molecule has 8 heteroatoms. The highest BCUT2D eigenvalue weighted by Crippen LogP contribution is 2.17. The van der Waals surface area contributed by atoms with Gasteiger partial charge in [0.2, 0.25) is 0 Å². The molecule has 0 aliphatic carbocycles. The summed E-state index contributed by atoms with van der Waals surface area (Å²) < 4.78 is 15.7. The summed E-state index contributed by atoms with van der Waals surface area (Å²) in [5.41, 5.74) is 4.58. The summed E-state index contributed by atoms with van der Waals surface area (Å²) in [4.78, 5) is 36.8. The standard InChI is InChI=1S/C17H21FN4O3/c1-9(11-7-5-6-8-12(11)18)20-10(2)14(23)13-15(19)21(3)17(25)22(4)16(13)24/h5-10,20H,19H2,1-4H3/t9-,10+/m1/s1. The number of hydrogen-bond donors (Lipinski definition) is 2. The molecule has 134 valence electrons. The molecule has 0 aliphatic heterocycles. The lowest BCUT2D eigenvalue weighted by Gasteiger charge is -2.21. The Morgan fingerprint density at radius 1 is 1.16 bits per heavy atom. The van der Waals surface area contributed by atoms with Crippen LogP contribution in [0.25, 0.3) is 0 Å². The van der Waals surface area contributed by atoms with E-state index in [1.165, 1.54) is 20.2 Å². The molecule has 0 bridgehead atoms. The van der Waals surface area contributed by atoms with Gasteiger partial charge in [0.15, 0.2) is 5.78 Å². The highest BCUT2D eigenvalue weighted by Gasteiger charge is 2.26. The normalized spacial score (nSPS) is 13.5. The molecule has 0 saturated heterocycles. The van der Waals surface area contributed by atoms with Gasteiger partial charge < -0.3 is 11.1 Å². The first-order chi connectivity index (χ1) is 11.7. The van der Waals surface area contributed by atoms with Gasteiger partial charge in [-0.1, -0.05) is 18.2 Å². The molecule has 0 aliphatic rings. The van der Waals surface area contributed by atoms with E-state index >= 15 is 0 Å². The van der Waals surface area contributed by atoms with Crippen LogP contribution in [0.15, 0.2) is 33.9 Å². The predicted octanol–water partition coefficient (Wildman–Crippen LogP) is 0.727. The maximum atomic E-state index is 13.9. The quantitative estimate of drug-likeness (QED) is 0.776. The van der Waals surface area contributed by atoms with Crippen LogP contribution < -0.4 is 22.3 Å². The molecule has 0 fully saturated rings. The lowest BCUT2D eigenvalue weighted by atomic mass is 10.0. The van der Waals surface area contributed by atoms with Gasteiger partial charge in [-0.05, 0) is 19.9 Å². The molecule has 2 aromatic rings. The van der Waals surface area contributed by atoms with Gasteiger partial charge in [-0.3, -0.25) is 18.7 Å². The van der Waals surface area contributed by atoms with E-state index in [0.717, 1.165) is 9.13 Å². The van der Waals surface area contributed by atoms with Crippen molar-refractivity contribution in [2.24, 2.45) is 14.1 Å². The summed E-state index contributed by atoms with van der Waals surface area (Å²) in [5, 5.41) is 2.96. The van der Waals surface area contributed by atoms with Crippen LogP contribution in [0.5, 0.6) is 0 Å². The van der Waals surface area contributed by atoms with Crippen LogP contribution in [0.2, 0.25) is 0 Å². The van der Waals surface area contributed by atoms with Crippen molar-refractivity contribution < 1.29 is 9.18 Å². The number of rotatable bonds is 5. The number of nitrogens with one attached hydrogen (secondary N) is 1. The van der Waals surface area contributed by atoms with E-state index in [0.29, 0.717) is 5.56 Å². The topological polar surface area (TPSA) is 99.1 Å². The minimum atomic E-state index is -0.804. The molecule has 0 amide bonds. The Kier molecular flexibility index (Phi) is 5.22. The second kappa shape index (κ2) is 7.02. The fourth-order valence-corrected chi connectivity index (χ4v) is 2.67. The van der Waals surface area contributed by atoms with Crippen molar-refractivity contribution in [3.63, 3.8) is 0 Å². The largest absolute Gasteiger partial charge is 0.384 e. The van der Waals surface area contributed by atoms with Crippen LogP contribution >= 0.6 is 0 Å². The van der Waals surface area contributed by atoms with Crippen molar-refractivity contribution in [3.05, 3.63) is 62.0 Å². The molecule has 0 radical (unpaired) electrons. The van der Waals surface area contributed by atoms with Crippen molar-refractivity contribution in [3.8, 4) is 0 Å². The average molecular weight is 348 g/mol. The Labute approximate surface area is 143 Å². The van der Waals surface area contributed by atoms with E-state index in [9.17, 15) is 18.8 Å². The van der Waals surface area contributed by atoms with Crippen LogP contribution in [-0.4, -0.2) is 21.0 Å². The van der Waals surface area contributed by atoms with Gasteiger partial charge in [0, 0.05) is 25.7 Å². The second-order valence-electron chi connectivity index (χ2n) is 5.96. The van der Waals surface area contributed by atoms with Gasteiger partial charge in [0.25, 0.3) is 5.56 Å². The molecule has 0 spiro atoms. The molecule has 3 N–H and O–H groups in total. The van der Waals surface area contributed by atoms with Crippen LogP contribution in [0.4, 0.5) is 10.2 Å². The number of carbonyl (C=O) groups excluding carboxylic acids is 1. The molecular formula is C17H21FN4O3. The van der Waals surface area contributed by atoms with Gasteiger partial charge in [0.1, 0.15) is 17.2 Å². The Morgan fingerprint density at radius 2 is 1.76 bits per heavy atom. The number of Topliss-reactive ketones (excluding diaryl/α,β-unsaturated/α-hetero) is 1. The van der Waals surface area contributed by atoms with Gasteiger partial charge in [-0.15, -0.1) is 0 Å². The van der Waals surface area contributed by atoms with Crippen LogP contribution in [0, 0.1) is 5.82 Å². The minimum Gasteiger partial charge on any atom is -0.384 e. The molecule has 1 aromatic carbocycles. The van der Waals surface area contributed by atoms with E-state index in [1.807, 2.05) is 0 Å². The number of nitrogens with zero attached hydrogens (tertiary/aromatic N) is 2. The summed E-state index contributed by atoms with van der Waals surface area (Å²) in [6, 6.07) is 4.96. The number of halogens is 1. The van der Waals surface area contributed by atoms with Crippen molar-refractivity contribution in [1.82, 2.24) is 14.5 Å². The lowest BCUT2D eigenvalue weighted by molar-refractivity contribution is 0.0943. The Hall–Kier alpha value is -2.74. The van der Waals surface area contributed by atoms with E-state index in [1.54, 1.807) is 32.0 Å². The van der Waals surface area contributed by atoms with Gasteiger partial charge in [0.05, 0.1) is 6.04 Å². The Morgan fingerprint density at radius 3 is 2.36 bits per heavy atom. The first-order valence-electron chi connectivity index (χ1n) is 7.77. The van der Waals surface area contributed by atoms with E-state index < -0.39 is 29.1 Å². The van der Waals surface area contributed by atoms with Crippen molar-refractivity contribution >= 4 is 11.6 Å². The Balaban J connectivity index is 2.34. The number of aromatic nitrogens is 2. The summed E-state index contributed by atoms with van der Waals surface area (Å²) in [5.74, 6) is -1.14. The third-order valence-corrected chi connectivity index (χ3v) is 4.22. The number of anilines is 1. The van der Waals surface area contributed by atoms with Crippen LogP contribution in [0.3, 0.4) is 0 Å². The molecular weight excluding hydrogens is 327 g/mol. The summed E-state index contributed by atoms with van der Waals surface area (Å²) in [6.45, 7) is 3.27. The maximum absolute atomic E-state index is 13.9. The number of nitrogen functional groups attached to an aromatic ring is 1. The Bertz CT molecular complexity index is 932. The smallest absolute Gasteiger partial charge is 0.332 e. The summed E-state index contributed by atoms with van der Waals surface area (Å²) in [7, 11) is 2.66. The van der Waals surface area contributed by atoms with Crippen molar-refractivity contribution in [1.29, 1.82) is 0 Å². The molecule has 2 rings (SSSR count). The van der Waals surface area contributed by atoms with E-state index in [4.69, 9.17) is 5.73 Å². The summed E-state index contributed by atoms with van der Waals surface area (Å²) >= 11 is 0. The first-order valence-corrected chi connectivity index (χ1v) is 7.77. The number of nitrogens with two attached hydrogens (primary N) is 1. The van der Waals surface area contributed by atoms with Crippen LogP contribution in [0.1, 0.15) is 35.8 Å². The van der Waals surface area contributed by atoms with E-state index in [2.05, 4.69) is 5.32 Å². The third kappa shape index (κ3) is 3.39. The number of carbonyl (C=O) groups is 1. The zero-order chi connectivity index (χ0) is 18.9.